The molecular weight excluding hydrogens is 436 g/mol. The number of allylic oxidation sites excluding steroid dienone is 1. The van der Waals surface area contributed by atoms with E-state index in [-0.39, 0.29) is 22.2 Å². The molecule has 1 saturated heterocycles. The lowest BCUT2D eigenvalue weighted by molar-refractivity contribution is -0.122. The molecule has 2 amide bonds. The highest BCUT2D eigenvalue weighted by atomic mass is 35.5. The molecule has 2 aromatic carbocycles. The fraction of sp³-hybridized carbons (Fsp3) is 0.174. The lowest BCUT2D eigenvalue weighted by Gasteiger charge is -2.29. The fourth-order valence-corrected chi connectivity index (χ4v) is 3.58. The van der Waals surface area contributed by atoms with Gasteiger partial charge in [-0.1, -0.05) is 23.7 Å². The Bertz CT molecular complexity index is 1130. The molecule has 0 spiro atoms. The molecule has 0 aliphatic carbocycles. The molecule has 160 valence electrons. The van der Waals surface area contributed by atoms with E-state index in [0.29, 0.717) is 34.9 Å². The number of ether oxygens (including phenoxy) is 1. The zero-order valence-electron chi connectivity index (χ0n) is 17.1. The second kappa shape index (κ2) is 9.32. The van der Waals surface area contributed by atoms with Gasteiger partial charge in [-0.15, -0.1) is 6.58 Å². The first kappa shape index (κ1) is 22.5. The van der Waals surface area contributed by atoms with Crippen LogP contribution in [0.4, 0.5) is 5.69 Å². The quantitative estimate of drug-likeness (QED) is 0.293. The van der Waals surface area contributed by atoms with Crippen molar-refractivity contribution in [3.63, 3.8) is 0 Å². The largest absolute Gasteiger partial charge is 0.504 e. The van der Waals surface area contributed by atoms with E-state index in [1.54, 1.807) is 43.3 Å². The number of halogens is 1. The Morgan fingerprint density at radius 1 is 1.29 bits per heavy atom. The van der Waals surface area contributed by atoms with Gasteiger partial charge in [0.05, 0.1) is 12.3 Å². The first-order chi connectivity index (χ1) is 14.8. The minimum Gasteiger partial charge on any atom is -0.504 e. The number of aromatic hydroxyl groups is 1. The third kappa shape index (κ3) is 4.62. The number of carbonyl (C=O) groups excluding carboxylic acids is 2. The Labute approximate surface area is 190 Å². The molecule has 1 fully saturated rings. The summed E-state index contributed by atoms with van der Waals surface area (Å²) < 4.78 is 5.49. The van der Waals surface area contributed by atoms with Crippen LogP contribution in [-0.4, -0.2) is 28.6 Å². The monoisotopic (exact) mass is 456 g/mol. The average molecular weight is 457 g/mol. The van der Waals surface area contributed by atoms with Crippen molar-refractivity contribution in [2.75, 3.05) is 11.5 Å². The Morgan fingerprint density at radius 2 is 2.03 bits per heavy atom. The Kier molecular flexibility index (Phi) is 6.77. The maximum Gasteiger partial charge on any atom is 0.270 e. The van der Waals surface area contributed by atoms with Crippen molar-refractivity contribution in [3.8, 4) is 11.5 Å². The zero-order chi connectivity index (χ0) is 22.7. The number of amides is 2. The van der Waals surface area contributed by atoms with Gasteiger partial charge in [0, 0.05) is 10.6 Å². The summed E-state index contributed by atoms with van der Waals surface area (Å²) in [7, 11) is 0. The molecule has 31 heavy (non-hydrogen) atoms. The number of thiocarbonyl (C=S) groups is 1. The molecule has 0 radical (unpaired) electrons. The molecular formula is C23H21ClN2O4S. The normalized spacial score (nSPS) is 15.3. The van der Waals surface area contributed by atoms with Gasteiger partial charge in [-0.3, -0.25) is 19.8 Å². The molecule has 0 bridgehead atoms. The van der Waals surface area contributed by atoms with Gasteiger partial charge in [0.25, 0.3) is 11.8 Å². The minimum absolute atomic E-state index is 0.000392. The van der Waals surface area contributed by atoms with E-state index in [1.165, 1.54) is 11.0 Å². The number of rotatable bonds is 6. The number of phenolic OH excluding ortho intramolecular Hbond substituents is 1. The van der Waals surface area contributed by atoms with Gasteiger partial charge in [0.1, 0.15) is 5.57 Å². The minimum atomic E-state index is -0.610. The van der Waals surface area contributed by atoms with Crippen LogP contribution in [0.15, 0.2) is 48.6 Å². The standard InChI is InChI=1S/C23H21ClN2O4S/c1-4-6-15-9-14(11-19(20(15)27)30-5-2)10-17-21(28)25-23(31)26(22(17)29)16-8-7-13(3)18(24)12-16/h4,7-12,27H,1,5-6H2,2-3H3,(H,25,28,31)/b17-10+. The van der Waals surface area contributed by atoms with Crippen LogP contribution in [0, 0.1) is 6.92 Å². The van der Waals surface area contributed by atoms with Gasteiger partial charge in [-0.05, 0) is 74.0 Å². The Morgan fingerprint density at radius 3 is 2.68 bits per heavy atom. The highest BCUT2D eigenvalue weighted by Crippen LogP contribution is 2.34. The van der Waals surface area contributed by atoms with E-state index in [0.717, 1.165) is 5.56 Å². The van der Waals surface area contributed by atoms with Crippen molar-refractivity contribution in [2.45, 2.75) is 20.3 Å². The maximum absolute atomic E-state index is 13.2. The summed E-state index contributed by atoms with van der Waals surface area (Å²) in [5.74, 6) is -0.929. The summed E-state index contributed by atoms with van der Waals surface area (Å²) in [5, 5.41) is 13.4. The molecule has 8 heteroatoms. The average Bonchev–Trinajstić information content (AvgIpc) is 2.71. The molecule has 3 rings (SSSR count). The molecule has 0 unspecified atom stereocenters. The SMILES string of the molecule is C=CCc1cc(/C=C2\C(=O)NC(=S)N(c3ccc(C)c(Cl)c3)C2=O)cc(OCC)c1O. The summed E-state index contributed by atoms with van der Waals surface area (Å²) in [6.07, 6.45) is 3.47. The van der Waals surface area contributed by atoms with Crippen LogP contribution in [0.1, 0.15) is 23.6 Å². The van der Waals surface area contributed by atoms with Gasteiger partial charge in [0.2, 0.25) is 0 Å². The predicted octanol–water partition coefficient (Wildman–Crippen LogP) is 4.31. The maximum atomic E-state index is 13.2. The van der Waals surface area contributed by atoms with Crippen LogP contribution in [0.25, 0.3) is 6.08 Å². The summed E-state index contributed by atoms with van der Waals surface area (Å²) in [5.41, 5.74) is 2.27. The lowest BCUT2D eigenvalue weighted by Crippen LogP contribution is -2.54. The molecule has 1 heterocycles. The number of carbonyl (C=O) groups is 2. The number of benzene rings is 2. The van der Waals surface area contributed by atoms with Crippen LogP contribution < -0.4 is 15.0 Å². The Balaban J connectivity index is 2.07. The van der Waals surface area contributed by atoms with Crippen LogP contribution >= 0.6 is 23.8 Å². The zero-order valence-corrected chi connectivity index (χ0v) is 18.6. The third-order valence-electron chi connectivity index (χ3n) is 4.67. The van der Waals surface area contributed by atoms with E-state index in [9.17, 15) is 14.7 Å². The number of anilines is 1. The van der Waals surface area contributed by atoms with E-state index in [2.05, 4.69) is 11.9 Å². The molecule has 0 atom stereocenters. The van der Waals surface area contributed by atoms with E-state index >= 15 is 0 Å². The van der Waals surface area contributed by atoms with Crippen molar-refractivity contribution in [1.29, 1.82) is 0 Å². The highest BCUT2D eigenvalue weighted by molar-refractivity contribution is 7.80. The van der Waals surface area contributed by atoms with E-state index in [4.69, 9.17) is 28.6 Å². The van der Waals surface area contributed by atoms with Crippen molar-refractivity contribution in [2.24, 2.45) is 0 Å². The first-order valence-corrected chi connectivity index (χ1v) is 10.3. The fourth-order valence-electron chi connectivity index (χ4n) is 3.13. The van der Waals surface area contributed by atoms with Gasteiger partial charge in [0.15, 0.2) is 16.6 Å². The molecule has 1 aliphatic heterocycles. The van der Waals surface area contributed by atoms with Crippen molar-refractivity contribution < 1.29 is 19.4 Å². The van der Waals surface area contributed by atoms with Crippen LogP contribution in [0.2, 0.25) is 5.02 Å². The second-order valence-corrected chi connectivity index (χ2v) is 7.64. The molecule has 2 aromatic rings. The predicted molar refractivity (Wildman–Crippen MR) is 126 cm³/mol. The van der Waals surface area contributed by atoms with Crippen LogP contribution in [0.5, 0.6) is 11.5 Å². The first-order valence-electron chi connectivity index (χ1n) is 9.54. The summed E-state index contributed by atoms with van der Waals surface area (Å²) in [6.45, 7) is 7.67. The molecule has 6 nitrogen and oxygen atoms in total. The molecule has 2 N–H and O–H groups in total. The highest BCUT2D eigenvalue weighted by Gasteiger charge is 2.34. The van der Waals surface area contributed by atoms with E-state index in [1.807, 2.05) is 6.92 Å². The smallest absolute Gasteiger partial charge is 0.270 e. The van der Waals surface area contributed by atoms with Crippen molar-refractivity contribution in [1.82, 2.24) is 5.32 Å². The van der Waals surface area contributed by atoms with Gasteiger partial charge in [-0.2, -0.15) is 0 Å². The van der Waals surface area contributed by atoms with Gasteiger partial charge >= 0.3 is 0 Å². The summed E-state index contributed by atoms with van der Waals surface area (Å²) in [6, 6.07) is 8.33. The number of hydrogen-bond donors (Lipinski definition) is 2. The van der Waals surface area contributed by atoms with E-state index < -0.39 is 11.8 Å². The van der Waals surface area contributed by atoms with Crippen molar-refractivity contribution in [3.05, 3.63) is 70.3 Å². The number of nitrogens with one attached hydrogen (secondary N) is 1. The Hall–Kier alpha value is -3.16. The lowest BCUT2D eigenvalue weighted by atomic mass is 10.0. The van der Waals surface area contributed by atoms with Gasteiger partial charge < -0.3 is 9.84 Å². The third-order valence-corrected chi connectivity index (χ3v) is 5.36. The topological polar surface area (TPSA) is 78.9 Å². The number of aryl methyl sites for hydroxylation is 1. The molecule has 1 aliphatic rings. The second-order valence-electron chi connectivity index (χ2n) is 6.84. The number of phenols is 1. The summed E-state index contributed by atoms with van der Waals surface area (Å²) in [4.78, 5) is 27.0. The number of nitrogens with zero attached hydrogens (tertiary/aromatic N) is 1. The van der Waals surface area contributed by atoms with Crippen molar-refractivity contribution >= 4 is 52.5 Å². The number of hydrogen-bond acceptors (Lipinski definition) is 5. The van der Waals surface area contributed by atoms with Crippen LogP contribution in [-0.2, 0) is 16.0 Å². The molecule has 0 saturated carbocycles. The molecule has 0 aromatic heterocycles. The van der Waals surface area contributed by atoms with Crippen LogP contribution in [0.3, 0.4) is 0 Å². The summed E-state index contributed by atoms with van der Waals surface area (Å²) >= 11 is 11.4. The van der Waals surface area contributed by atoms with Gasteiger partial charge in [-0.25, -0.2) is 0 Å².